The van der Waals surface area contributed by atoms with Gasteiger partial charge in [0.25, 0.3) is 5.91 Å². The Morgan fingerprint density at radius 2 is 2.00 bits per heavy atom. The second-order valence-electron chi connectivity index (χ2n) is 5.63. The molecule has 23 heavy (non-hydrogen) atoms. The van der Waals surface area contributed by atoms with Crippen LogP contribution >= 0.6 is 11.3 Å². The molecule has 3 heterocycles. The lowest BCUT2D eigenvalue weighted by Crippen LogP contribution is -2.28. The standard InChI is InChI=1S/C18H16N2O2S/c21-16(12-5-2-1-3-6-12)11-14-15-7-4-9-20(15)18-13(8-10-23-18)17(22)19-14/h1-10,14,16,21H,11H2,(H,19,22). The van der Waals surface area contributed by atoms with Crippen LogP contribution in [0.15, 0.2) is 60.1 Å². The summed E-state index contributed by atoms with van der Waals surface area (Å²) in [6.45, 7) is 0. The third-order valence-electron chi connectivity index (χ3n) is 4.19. The second-order valence-corrected chi connectivity index (χ2v) is 6.53. The molecule has 5 heteroatoms. The summed E-state index contributed by atoms with van der Waals surface area (Å²) in [5.74, 6) is -0.0878. The van der Waals surface area contributed by atoms with Crippen molar-refractivity contribution in [3.05, 3.63) is 76.9 Å². The van der Waals surface area contributed by atoms with Gasteiger partial charge in [-0.05, 0) is 29.1 Å². The van der Waals surface area contributed by atoms with Gasteiger partial charge >= 0.3 is 0 Å². The number of carbonyl (C=O) groups excluding carboxylic acids is 1. The summed E-state index contributed by atoms with van der Waals surface area (Å²) in [4.78, 5) is 12.5. The summed E-state index contributed by atoms with van der Waals surface area (Å²) in [7, 11) is 0. The zero-order valence-corrected chi connectivity index (χ0v) is 13.2. The highest BCUT2D eigenvalue weighted by Crippen LogP contribution is 2.34. The minimum atomic E-state index is -0.624. The molecular formula is C18H16N2O2S. The first-order chi connectivity index (χ1) is 11.2. The first-order valence-electron chi connectivity index (χ1n) is 7.53. The number of rotatable bonds is 3. The molecule has 0 spiro atoms. The lowest BCUT2D eigenvalue weighted by Gasteiger charge is -2.21. The Kier molecular flexibility index (Phi) is 3.52. The van der Waals surface area contributed by atoms with Crippen molar-refractivity contribution in [1.29, 1.82) is 0 Å². The van der Waals surface area contributed by atoms with Crippen LogP contribution in [0.5, 0.6) is 0 Å². The zero-order valence-electron chi connectivity index (χ0n) is 12.3. The maximum Gasteiger partial charge on any atom is 0.254 e. The van der Waals surface area contributed by atoms with Crippen LogP contribution in [0.2, 0.25) is 0 Å². The van der Waals surface area contributed by atoms with Crippen LogP contribution in [0, 0.1) is 0 Å². The van der Waals surface area contributed by atoms with E-state index >= 15 is 0 Å². The van der Waals surface area contributed by atoms with Crippen molar-refractivity contribution in [3.8, 4) is 5.00 Å². The maximum absolute atomic E-state index is 12.5. The van der Waals surface area contributed by atoms with Gasteiger partial charge in [-0.2, -0.15) is 0 Å². The largest absolute Gasteiger partial charge is 0.388 e. The monoisotopic (exact) mass is 324 g/mol. The number of aliphatic hydroxyl groups excluding tert-OH is 1. The van der Waals surface area contributed by atoms with Crippen LogP contribution in [0.1, 0.15) is 40.2 Å². The van der Waals surface area contributed by atoms with E-state index in [4.69, 9.17) is 0 Å². The number of nitrogens with zero attached hydrogens (tertiary/aromatic N) is 1. The van der Waals surface area contributed by atoms with E-state index < -0.39 is 6.10 Å². The van der Waals surface area contributed by atoms with E-state index in [0.717, 1.165) is 16.3 Å². The number of carbonyl (C=O) groups is 1. The molecule has 4 nitrogen and oxygen atoms in total. The molecule has 0 aliphatic carbocycles. The Hall–Kier alpha value is -2.37. The van der Waals surface area contributed by atoms with Gasteiger partial charge in [-0.25, -0.2) is 0 Å². The molecule has 1 aliphatic rings. The number of hydrogen-bond donors (Lipinski definition) is 2. The average Bonchev–Trinajstić information content (AvgIpc) is 3.21. The lowest BCUT2D eigenvalue weighted by atomic mass is 10.00. The summed E-state index contributed by atoms with van der Waals surface area (Å²) < 4.78 is 2.04. The molecule has 3 aromatic rings. The van der Waals surface area contributed by atoms with E-state index in [9.17, 15) is 9.90 Å². The normalized spacial score (nSPS) is 17.8. The second kappa shape index (κ2) is 5.68. The van der Waals surface area contributed by atoms with Crippen LogP contribution in [0.3, 0.4) is 0 Å². The quantitative estimate of drug-likeness (QED) is 0.775. The molecule has 0 saturated heterocycles. The van der Waals surface area contributed by atoms with Gasteiger partial charge in [-0.15, -0.1) is 11.3 Å². The summed E-state index contributed by atoms with van der Waals surface area (Å²) in [5.41, 5.74) is 2.54. The molecule has 2 unspecified atom stereocenters. The fraction of sp³-hybridized carbons (Fsp3) is 0.167. The van der Waals surface area contributed by atoms with Gasteiger partial charge in [0.2, 0.25) is 0 Å². The SMILES string of the molecule is O=C1NC(CC(O)c2ccccc2)c2cccn2-c2sccc21. The number of benzene rings is 1. The Morgan fingerprint density at radius 1 is 1.17 bits per heavy atom. The number of amides is 1. The van der Waals surface area contributed by atoms with Gasteiger partial charge < -0.3 is 15.0 Å². The maximum atomic E-state index is 12.5. The number of thiophene rings is 1. The molecule has 2 atom stereocenters. The van der Waals surface area contributed by atoms with E-state index in [-0.39, 0.29) is 11.9 Å². The van der Waals surface area contributed by atoms with Crippen LogP contribution in [0.25, 0.3) is 5.00 Å². The van der Waals surface area contributed by atoms with Crippen molar-refractivity contribution in [3.63, 3.8) is 0 Å². The van der Waals surface area contributed by atoms with Gasteiger partial charge in [-0.1, -0.05) is 30.3 Å². The van der Waals surface area contributed by atoms with Crippen molar-refractivity contribution < 1.29 is 9.90 Å². The Morgan fingerprint density at radius 3 is 2.83 bits per heavy atom. The fourth-order valence-electron chi connectivity index (χ4n) is 3.05. The molecule has 0 radical (unpaired) electrons. The Labute approximate surface area is 138 Å². The number of hydrogen-bond acceptors (Lipinski definition) is 3. The molecular weight excluding hydrogens is 308 g/mol. The van der Waals surface area contributed by atoms with E-state index in [1.54, 1.807) is 11.3 Å². The smallest absolute Gasteiger partial charge is 0.254 e. The molecule has 1 amide bonds. The molecule has 116 valence electrons. The van der Waals surface area contributed by atoms with Crippen LogP contribution in [0.4, 0.5) is 0 Å². The van der Waals surface area contributed by atoms with Gasteiger partial charge in [0.05, 0.1) is 17.7 Å². The third kappa shape index (κ3) is 2.48. The van der Waals surface area contributed by atoms with Gasteiger partial charge in [0.15, 0.2) is 0 Å². The minimum absolute atomic E-state index is 0.0878. The number of fused-ring (bicyclic) bond motifs is 3. The van der Waals surface area contributed by atoms with Gasteiger partial charge in [0.1, 0.15) is 5.00 Å². The predicted molar refractivity (Wildman–Crippen MR) is 89.9 cm³/mol. The molecule has 0 fully saturated rings. The molecule has 2 N–H and O–H groups in total. The minimum Gasteiger partial charge on any atom is -0.388 e. The first kappa shape index (κ1) is 14.2. The van der Waals surface area contributed by atoms with E-state index in [2.05, 4.69) is 5.32 Å². The van der Waals surface area contributed by atoms with E-state index in [1.165, 1.54) is 0 Å². The molecule has 2 aromatic heterocycles. The Balaban J connectivity index is 1.68. The van der Waals surface area contributed by atoms with Crippen molar-refractivity contribution in [2.24, 2.45) is 0 Å². The molecule has 1 aromatic carbocycles. The third-order valence-corrected chi connectivity index (χ3v) is 5.11. The Bertz CT molecular complexity index is 838. The summed E-state index contributed by atoms with van der Waals surface area (Å²) in [6.07, 6.45) is 1.78. The van der Waals surface area contributed by atoms with Crippen molar-refractivity contribution in [2.45, 2.75) is 18.6 Å². The highest BCUT2D eigenvalue weighted by molar-refractivity contribution is 7.13. The van der Waals surface area contributed by atoms with E-state index in [1.807, 2.05) is 64.7 Å². The lowest BCUT2D eigenvalue weighted by molar-refractivity contribution is 0.0912. The summed E-state index contributed by atoms with van der Waals surface area (Å²) in [6, 6.07) is 15.1. The average molecular weight is 324 g/mol. The molecule has 0 bridgehead atoms. The molecule has 0 saturated carbocycles. The molecule has 1 aliphatic heterocycles. The fourth-order valence-corrected chi connectivity index (χ4v) is 3.95. The van der Waals surface area contributed by atoms with Crippen molar-refractivity contribution >= 4 is 17.2 Å². The summed E-state index contributed by atoms with van der Waals surface area (Å²) in [5, 5.41) is 16.4. The van der Waals surface area contributed by atoms with Crippen molar-refractivity contribution in [1.82, 2.24) is 9.88 Å². The molecule has 4 rings (SSSR count). The number of aromatic nitrogens is 1. The van der Waals surface area contributed by atoms with Gasteiger partial charge in [0, 0.05) is 18.3 Å². The van der Waals surface area contributed by atoms with Crippen LogP contribution < -0.4 is 5.32 Å². The highest BCUT2D eigenvalue weighted by Gasteiger charge is 2.28. The summed E-state index contributed by atoms with van der Waals surface area (Å²) >= 11 is 1.55. The van der Waals surface area contributed by atoms with E-state index in [0.29, 0.717) is 12.0 Å². The van der Waals surface area contributed by atoms with Crippen LogP contribution in [-0.2, 0) is 0 Å². The highest BCUT2D eigenvalue weighted by atomic mass is 32.1. The first-order valence-corrected chi connectivity index (χ1v) is 8.41. The number of nitrogens with one attached hydrogen (secondary N) is 1. The number of aliphatic hydroxyl groups is 1. The zero-order chi connectivity index (χ0) is 15.8. The van der Waals surface area contributed by atoms with Crippen molar-refractivity contribution in [2.75, 3.05) is 0 Å². The van der Waals surface area contributed by atoms with Crippen LogP contribution in [-0.4, -0.2) is 15.6 Å². The topological polar surface area (TPSA) is 54.3 Å². The predicted octanol–water partition coefficient (Wildman–Crippen LogP) is 3.45. The van der Waals surface area contributed by atoms with Gasteiger partial charge in [-0.3, -0.25) is 4.79 Å².